The van der Waals surface area contributed by atoms with E-state index in [4.69, 9.17) is 0 Å². The van der Waals surface area contributed by atoms with Gasteiger partial charge < -0.3 is 5.32 Å². The highest BCUT2D eigenvalue weighted by Gasteiger charge is 2.27. The molecule has 1 aromatic rings. The first-order valence-corrected chi connectivity index (χ1v) is 8.11. The van der Waals surface area contributed by atoms with Crippen molar-refractivity contribution in [1.82, 2.24) is 5.32 Å². The highest BCUT2D eigenvalue weighted by Crippen LogP contribution is 2.37. The van der Waals surface area contributed by atoms with Crippen LogP contribution in [-0.2, 0) is 0 Å². The fourth-order valence-corrected chi connectivity index (χ4v) is 3.28. The molecular formula is C18H28FN. The van der Waals surface area contributed by atoms with Crippen molar-refractivity contribution in [3.63, 3.8) is 0 Å². The Morgan fingerprint density at radius 2 is 1.95 bits per heavy atom. The summed E-state index contributed by atoms with van der Waals surface area (Å²) in [6.45, 7) is 7.36. The number of benzene rings is 1. The van der Waals surface area contributed by atoms with E-state index < -0.39 is 0 Å². The molecule has 1 N–H and O–H groups in total. The maximum absolute atomic E-state index is 13.9. The molecule has 0 heterocycles. The summed E-state index contributed by atoms with van der Waals surface area (Å²) in [6, 6.07) is 6.07. The zero-order chi connectivity index (χ0) is 14.5. The molecule has 20 heavy (non-hydrogen) atoms. The fourth-order valence-electron chi connectivity index (χ4n) is 3.28. The Hall–Kier alpha value is -0.890. The Bertz CT molecular complexity index is 421. The molecule has 1 unspecified atom stereocenters. The Balaban J connectivity index is 2.15. The summed E-state index contributed by atoms with van der Waals surface area (Å²) in [4.78, 5) is 0. The average molecular weight is 277 g/mol. The van der Waals surface area contributed by atoms with Crippen molar-refractivity contribution < 1.29 is 4.39 Å². The third kappa shape index (κ3) is 3.82. The zero-order valence-electron chi connectivity index (χ0n) is 13.1. The van der Waals surface area contributed by atoms with Crippen molar-refractivity contribution in [2.24, 2.45) is 11.8 Å². The quantitative estimate of drug-likeness (QED) is 0.798. The van der Waals surface area contributed by atoms with Crippen LogP contribution in [0, 0.1) is 24.6 Å². The largest absolute Gasteiger partial charge is 0.310 e. The molecule has 0 spiro atoms. The molecule has 0 bridgehead atoms. The summed E-state index contributed by atoms with van der Waals surface area (Å²) in [5.41, 5.74) is 1.86. The van der Waals surface area contributed by atoms with E-state index in [2.05, 4.69) is 25.2 Å². The van der Waals surface area contributed by atoms with Crippen LogP contribution < -0.4 is 5.32 Å². The number of hydrogen-bond acceptors (Lipinski definition) is 1. The van der Waals surface area contributed by atoms with Gasteiger partial charge >= 0.3 is 0 Å². The third-order valence-electron chi connectivity index (χ3n) is 4.70. The zero-order valence-corrected chi connectivity index (χ0v) is 13.1. The van der Waals surface area contributed by atoms with Crippen LogP contribution in [0.1, 0.15) is 63.1 Å². The molecule has 0 saturated heterocycles. The molecule has 0 radical (unpaired) electrons. The molecule has 1 aromatic carbocycles. The van der Waals surface area contributed by atoms with Gasteiger partial charge in [-0.05, 0) is 61.8 Å². The topological polar surface area (TPSA) is 12.0 Å². The molecule has 1 fully saturated rings. The highest BCUT2D eigenvalue weighted by molar-refractivity contribution is 5.26. The van der Waals surface area contributed by atoms with Gasteiger partial charge in [-0.3, -0.25) is 0 Å². The van der Waals surface area contributed by atoms with Gasteiger partial charge in [-0.2, -0.15) is 0 Å². The van der Waals surface area contributed by atoms with Gasteiger partial charge in [0.15, 0.2) is 0 Å². The van der Waals surface area contributed by atoms with Crippen molar-refractivity contribution in [3.05, 3.63) is 35.1 Å². The van der Waals surface area contributed by atoms with E-state index >= 15 is 0 Å². The average Bonchev–Trinajstić information content (AvgIpc) is 2.45. The molecule has 0 aromatic heterocycles. The number of rotatable bonds is 5. The number of hydrogen-bond donors (Lipinski definition) is 1. The lowest BCUT2D eigenvalue weighted by Gasteiger charge is -2.34. The minimum atomic E-state index is -0.0741. The lowest BCUT2D eigenvalue weighted by Crippen LogP contribution is -2.31. The molecule has 1 nitrogen and oxygen atoms in total. The van der Waals surface area contributed by atoms with Crippen LogP contribution in [0.3, 0.4) is 0 Å². The van der Waals surface area contributed by atoms with Gasteiger partial charge in [0.25, 0.3) is 0 Å². The van der Waals surface area contributed by atoms with Gasteiger partial charge in [0.05, 0.1) is 0 Å². The Labute approximate surface area is 123 Å². The van der Waals surface area contributed by atoms with Crippen LogP contribution in [0.15, 0.2) is 18.2 Å². The van der Waals surface area contributed by atoms with E-state index in [1.54, 1.807) is 6.07 Å². The lowest BCUT2D eigenvalue weighted by molar-refractivity contribution is 0.231. The van der Waals surface area contributed by atoms with Crippen LogP contribution in [-0.4, -0.2) is 6.54 Å². The summed E-state index contributed by atoms with van der Waals surface area (Å²) >= 11 is 0. The van der Waals surface area contributed by atoms with E-state index in [-0.39, 0.29) is 5.82 Å². The minimum absolute atomic E-state index is 0.0741. The summed E-state index contributed by atoms with van der Waals surface area (Å²) in [7, 11) is 0. The van der Waals surface area contributed by atoms with Crippen molar-refractivity contribution in [2.45, 2.75) is 58.9 Å². The molecule has 1 aliphatic carbocycles. The van der Waals surface area contributed by atoms with Crippen LogP contribution in [0.5, 0.6) is 0 Å². The summed E-state index contributed by atoms with van der Waals surface area (Å²) in [5.74, 6) is 1.43. The standard InChI is InChI=1S/C18H28FN/c1-4-11-20-18(15-8-5-13(2)6-9-15)16-10-7-14(3)17(19)12-16/h7,10,12-13,15,18,20H,4-6,8-9,11H2,1-3H3. The second-order valence-electron chi connectivity index (χ2n) is 6.46. The number of halogens is 1. The minimum Gasteiger partial charge on any atom is -0.310 e. The first kappa shape index (κ1) is 15.5. The lowest BCUT2D eigenvalue weighted by atomic mass is 9.77. The molecule has 0 aliphatic heterocycles. The van der Waals surface area contributed by atoms with Gasteiger partial charge in [0.2, 0.25) is 0 Å². The van der Waals surface area contributed by atoms with Gasteiger partial charge in [0.1, 0.15) is 5.82 Å². The smallest absolute Gasteiger partial charge is 0.126 e. The summed E-state index contributed by atoms with van der Waals surface area (Å²) in [5, 5.41) is 3.65. The van der Waals surface area contributed by atoms with Crippen molar-refractivity contribution >= 4 is 0 Å². The van der Waals surface area contributed by atoms with E-state index in [1.165, 1.54) is 25.7 Å². The normalized spacial score (nSPS) is 24.6. The van der Waals surface area contributed by atoms with Crippen LogP contribution in [0.2, 0.25) is 0 Å². The Kier molecular flexibility index (Phi) is 5.59. The molecule has 1 saturated carbocycles. The van der Waals surface area contributed by atoms with Crippen LogP contribution in [0.25, 0.3) is 0 Å². The third-order valence-corrected chi connectivity index (χ3v) is 4.70. The van der Waals surface area contributed by atoms with Gasteiger partial charge in [-0.25, -0.2) is 4.39 Å². The first-order valence-electron chi connectivity index (χ1n) is 8.11. The van der Waals surface area contributed by atoms with Crippen LogP contribution in [0.4, 0.5) is 4.39 Å². The second-order valence-corrected chi connectivity index (χ2v) is 6.46. The molecule has 0 amide bonds. The van der Waals surface area contributed by atoms with Crippen molar-refractivity contribution in [1.29, 1.82) is 0 Å². The molecule has 1 aliphatic rings. The van der Waals surface area contributed by atoms with E-state index in [0.717, 1.165) is 30.0 Å². The Morgan fingerprint density at radius 3 is 2.55 bits per heavy atom. The van der Waals surface area contributed by atoms with Crippen LogP contribution >= 0.6 is 0 Å². The first-order chi connectivity index (χ1) is 9.61. The SMILES string of the molecule is CCCNC(c1ccc(C)c(F)c1)C1CCC(C)CC1. The Morgan fingerprint density at radius 1 is 1.25 bits per heavy atom. The van der Waals surface area contributed by atoms with E-state index in [9.17, 15) is 4.39 Å². The predicted octanol–water partition coefficient (Wildman–Crippen LogP) is 5.00. The second kappa shape index (κ2) is 7.21. The summed E-state index contributed by atoms with van der Waals surface area (Å²) < 4.78 is 13.9. The van der Waals surface area contributed by atoms with Crippen molar-refractivity contribution in [3.8, 4) is 0 Å². The molecule has 2 heteroatoms. The molecular weight excluding hydrogens is 249 g/mol. The highest BCUT2D eigenvalue weighted by atomic mass is 19.1. The van der Waals surface area contributed by atoms with E-state index in [0.29, 0.717) is 12.0 Å². The molecule has 2 rings (SSSR count). The van der Waals surface area contributed by atoms with Gasteiger partial charge in [0, 0.05) is 6.04 Å². The van der Waals surface area contributed by atoms with Gasteiger partial charge in [-0.15, -0.1) is 0 Å². The van der Waals surface area contributed by atoms with Gasteiger partial charge in [-0.1, -0.05) is 38.8 Å². The maximum atomic E-state index is 13.9. The molecule has 112 valence electrons. The molecule has 1 atom stereocenters. The van der Waals surface area contributed by atoms with E-state index in [1.807, 2.05) is 13.0 Å². The monoisotopic (exact) mass is 277 g/mol. The predicted molar refractivity (Wildman–Crippen MR) is 83.3 cm³/mol. The fraction of sp³-hybridized carbons (Fsp3) is 0.667. The number of nitrogens with one attached hydrogen (secondary N) is 1. The number of aryl methyl sites for hydroxylation is 1. The van der Waals surface area contributed by atoms with Crippen molar-refractivity contribution in [2.75, 3.05) is 6.54 Å². The summed E-state index contributed by atoms with van der Waals surface area (Å²) in [6.07, 6.45) is 6.26. The maximum Gasteiger partial charge on any atom is 0.126 e.